The molecule has 0 amide bonds. The second-order valence-electron chi connectivity index (χ2n) is 0.238. The summed E-state index contributed by atoms with van der Waals surface area (Å²) in [6.45, 7) is 0. The van der Waals surface area contributed by atoms with Crippen molar-refractivity contribution in [3.05, 3.63) is 0 Å². The number of halogens is 1. The van der Waals surface area contributed by atoms with Crippen LogP contribution in [0.4, 0.5) is 4.32 Å². The van der Waals surface area contributed by atoms with E-state index in [2.05, 4.69) is 12.2 Å². The molecule has 0 spiro atoms. The first-order valence-electron chi connectivity index (χ1n) is 0.730. The van der Waals surface area contributed by atoms with Crippen LogP contribution in [0.15, 0.2) is 0 Å². The molecule has 0 heterocycles. The van der Waals surface area contributed by atoms with E-state index in [9.17, 15) is 4.32 Å². The largest absolute Gasteiger partial charge is 0.393 e. The van der Waals surface area contributed by atoms with Crippen LogP contribution in [0.25, 0.3) is 0 Å². The third kappa shape index (κ3) is 2.77. The lowest BCUT2D eigenvalue weighted by atomic mass is 10.6. The van der Waals surface area contributed by atoms with Gasteiger partial charge in [-0.3, -0.25) is 0 Å². The molecule has 0 aliphatic carbocycles. The molecule has 0 rings (SSSR count). The Morgan fingerprint density at radius 1 is 2.00 bits per heavy atom. The van der Waals surface area contributed by atoms with E-state index in [4.69, 9.17) is 0 Å². The van der Waals surface area contributed by atoms with Gasteiger partial charge in [0, 0.05) is 0 Å². The Kier molecular flexibility index (Phi) is 4.51. The van der Waals surface area contributed by atoms with Crippen molar-refractivity contribution in [1.82, 2.24) is 0 Å². The summed E-state index contributed by atoms with van der Waals surface area (Å²) in [6.07, 6.45) is 0. The minimum absolute atomic E-state index is 0.0432. The molecule has 0 aromatic rings. The Labute approximate surface area is 32.4 Å². The smallest absolute Gasteiger partial charge is 0.335 e. The van der Waals surface area contributed by atoms with E-state index in [1.807, 2.05) is 0 Å². The maximum Gasteiger partial charge on any atom is 0.393 e. The second kappa shape index (κ2) is 3.77. The van der Waals surface area contributed by atoms with Gasteiger partial charge in [-0.25, -0.2) is 0 Å². The number of hydrogen-bond acceptors (Lipinski definition) is 1. The Balaban J connectivity index is 1.97. The molecule has 0 N–H and O–H groups in total. The molecule has 0 saturated carbocycles. The van der Waals surface area contributed by atoms with Crippen molar-refractivity contribution in [1.29, 1.82) is 0 Å². The molecular weight excluding hydrogens is 92.9 g/mol. The lowest BCUT2D eigenvalue weighted by Gasteiger charge is -1.60. The maximum atomic E-state index is 10.5. The summed E-state index contributed by atoms with van der Waals surface area (Å²) in [5, 5.41) is 0. The molecule has 0 aliphatic rings. The zero-order valence-corrected chi connectivity index (χ0v) is 3.80. The fraction of sp³-hybridized carbons (Fsp3) is 0. The molecule has 4 heavy (non-hydrogen) atoms. The highest BCUT2D eigenvalue weighted by atomic mass is 32.7. The molecule has 0 bridgehead atoms. The quantitative estimate of drug-likeness (QED) is 0.280. The summed E-state index contributed by atoms with van der Waals surface area (Å²) in [6, 6.07) is 0. The first-order chi connectivity index (χ1) is 1.91. The standard InChI is InChI=1S/BFH2PS/c2-1-3-4/h3-4H. The van der Waals surface area contributed by atoms with E-state index in [-0.39, 0.29) is 7.66 Å². The summed E-state index contributed by atoms with van der Waals surface area (Å²) in [5.41, 5.74) is 0. The fourth-order valence-corrected chi connectivity index (χ4v) is 0. The Morgan fingerprint density at radius 2 is 2.25 bits per heavy atom. The van der Waals surface area contributed by atoms with Gasteiger partial charge in [-0.15, -0.1) is 0 Å². The number of hydrogen-bond donors (Lipinski definition) is 1. The first kappa shape index (κ1) is 4.77. The van der Waals surface area contributed by atoms with Gasteiger partial charge in [0.2, 0.25) is 0 Å². The van der Waals surface area contributed by atoms with Crippen LogP contribution in [0.5, 0.6) is 0 Å². The average molecular weight is 94.9 g/mol. The molecule has 1 atom stereocenters. The average Bonchev–Trinajstić information content (AvgIpc) is 1.37. The maximum absolute atomic E-state index is 10.5. The first-order valence-corrected chi connectivity index (χ1v) is 3.10. The van der Waals surface area contributed by atoms with Gasteiger partial charge in [0.15, 0.2) is 0 Å². The molecule has 0 aromatic carbocycles. The fourth-order valence-electron chi connectivity index (χ4n) is 0. The van der Waals surface area contributed by atoms with Crippen molar-refractivity contribution in [2.24, 2.45) is 0 Å². The molecular formula is H2BFPS. The molecule has 0 saturated heterocycles. The van der Waals surface area contributed by atoms with E-state index < -0.39 is 0 Å². The van der Waals surface area contributed by atoms with E-state index in [0.717, 1.165) is 0 Å². The van der Waals surface area contributed by atoms with E-state index in [0.29, 0.717) is 7.28 Å². The summed E-state index contributed by atoms with van der Waals surface area (Å²) in [7, 11) is 0.560. The molecule has 1 radical (unpaired) electrons. The van der Waals surface area contributed by atoms with E-state index in [1.54, 1.807) is 0 Å². The van der Waals surface area contributed by atoms with Crippen molar-refractivity contribution >= 4 is 27.2 Å². The predicted octanol–water partition coefficient (Wildman–Crippen LogP) is 1.01. The zero-order chi connectivity index (χ0) is 3.41. The third-order valence-corrected chi connectivity index (χ3v) is 0.439. The lowest BCUT2D eigenvalue weighted by Crippen LogP contribution is -1.46. The van der Waals surface area contributed by atoms with Gasteiger partial charge in [-0.05, 0) is 0 Å². The Bertz CT molecular complexity index is 10.0. The predicted molar refractivity (Wildman–Crippen MR) is 24.2 cm³/mol. The highest BCUT2D eigenvalue weighted by Gasteiger charge is 1.70. The minimum Gasteiger partial charge on any atom is -0.335 e. The molecule has 0 nitrogen and oxygen atoms in total. The van der Waals surface area contributed by atoms with Crippen molar-refractivity contribution < 1.29 is 4.32 Å². The number of rotatable bonds is 1. The van der Waals surface area contributed by atoms with E-state index >= 15 is 0 Å². The van der Waals surface area contributed by atoms with Gasteiger partial charge < -0.3 is 4.32 Å². The van der Waals surface area contributed by atoms with Gasteiger partial charge in [-0.2, -0.15) is 12.2 Å². The van der Waals surface area contributed by atoms with Crippen molar-refractivity contribution in [2.75, 3.05) is 0 Å². The Hall–Kier alpha value is 0.775. The highest BCUT2D eigenvalue weighted by Crippen LogP contribution is 2.09. The summed E-state index contributed by atoms with van der Waals surface area (Å²) in [4.78, 5) is 0. The minimum atomic E-state index is 0.0432. The lowest BCUT2D eigenvalue weighted by molar-refractivity contribution is 0.895. The molecule has 23 valence electrons. The second-order valence-corrected chi connectivity index (χ2v) is 1.49. The molecule has 4 heteroatoms. The van der Waals surface area contributed by atoms with Crippen LogP contribution >= 0.6 is 19.9 Å². The molecule has 0 aliphatic heterocycles. The van der Waals surface area contributed by atoms with Crippen LogP contribution in [0, 0.1) is 0 Å². The SMILES string of the molecule is F[B]PS. The van der Waals surface area contributed by atoms with Crippen LogP contribution in [-0.4, -0.2) is 7.28 Å². The third-order valence-electron chi connectivity index (χ3n) is 0.0488. The molecule has 0 fully saturated rings. The number of thiol groups is 1. The van der Waals surface area contributed by atoms with Crippen LogP contribution in [0.2, 0.25) is 0 Å². The Morgan fingerprint density at radius 3 is 2.25 bits per heavy atom. The summed E-state index contributed by atoms with van der Waals surface area (Å²) in [5.74, 6) is 0. The van der Waals surface area contributed by atoms with Gasteiger partial charge >= 0.3 is 7.28 Å². The summed E-state index contributed by atoms with van der Waals surface area (Å²) >= 11 is 3.52. The van der Waals surface area contributed by atoms with Crippen molar-refractivity contribution in [3.63, 3.8) is 0 Å². The monoisotopic (exact) mass is 95.0 g/mol. The van der Waals surface area contributed by atoms with Crippen LogP contribution in [0.1, 0.15) is 0 Å². The normalized spacial score (nSPS) is 9.50. The molecule has 0 aromatic heterocycles. The summed E-state index contributed by atoms with van der Waals surface area (Å²) < 4.78 is 10.5. The molecule has 1 unspecified atom stereocenters. The van der Waals surface area contributed by atoms with Crippen LogP contribution < -0.4 is 0 Å². The topological polar surface area (TPSA) is 0 Å². The zero-order valence-electron chi connectivity index (χ0n) is 1.90. The van der Waals surface area contributed by atoms with Crippen LogP contribution in [-0.2, 0) is 0 Å². The van der Waals surface area contributed by atoms with Crippen LogP contribution in [0.3, 0.4) is 0 Å². The van der Waals surface area contributed by atoms with Gasteiger partial charge in [-0.1, -0.05) is 7.66 Å². The van der Waals surface area contributed by atoms with Gasteiger partial charge in [0.25, 0.3) is 0 Å². The van der Waals surface area contributed by atoms with Crippen molar-refractivity contribution in [3.8, 4) is 0 Å². The van der Waals surface area contributed by atoms with E-state index in [1.165, 1.54) is 0 Å². The highest BCUT2D eigenvalue weighted by molar-refractivity contribution is 8.46. The van der Waals surface area contributed by atoms with Gasteiger partial charge in [0.05, 0.1) is 0 Å². The van der Waals surface area contributed by atoms with Gasteiger partial charge in [0.1, 0.15) is 0 Å². The van der Waals surface area contributed by atoms with Crippen molar-refractivity contribution in [2.45, 2.75) is 0 Å².